The van der Waals surface area contributed by atoms with Crippen LogP contribution in [0.5, 0.6) is 0 Å². The number of aromatic carboxylic acids is 1. The lowest BCUT2D eigenvalue weighted by Crippen LogP contribution is -3.11. The highest BCUT2D eigenvalue weighted by Gasteiger charge is 3.10. The Morgan fingerprint density at radius 2 is 1.53 bits per heavy atom. The molecular weight excluding hydrogens is 426 g/mol. The molecule has 0 amide bonds. The topological polar surface area (TPSA) is 86.6 Å². The number of carbonyl (C=O) groups is 2. The van der Waals surface area contributed by atoms with Crippen LogP contribution in [0, 0.1) is 46.3 Å². The molecule has 0 radical (unpaired) electrons. The van der Waals surface area contributed by atoms with E-state index in [-0.39, 0.29) is 16.4 Å². The van der Waals surface area contributed by atoms with Gasteiger partial charge in [0.2, 0.25) is 0 Å². The Morgan fingerprint density at radius 1 is 0.882 bits per heavy atom. The van der Waals surface area contributed by atoms with Gasteiger partial charge in [-0.15, -0.1) is 0 Å². The predicted octanol–water partition coefficient (Wildman–Crippen LogP) is 3.36. The number of aliphatic hydroxyl groups excluding tert-OH is 1. The molecule has 1 saturated heterocycles. The van der Waals surface area contributed by atoms with Crippen LogP contribution >= 0.6 is 0 Å². The zero-order chi connectivity index (χ0) is 23.0. The van der Waals surface area contributed by atoms with Gasteiger partial charge in [0.25, 0.3) is 0 Å². The lowest BCUT2D eigenvalue weighted by atomic mass is 8.92. The van der Waals surface area contributed by atoms with E-state index >= 15 is 0 Å². The normalized spacial score (nSPS) is 41.8. The third-order valence-electron chi connectivity index (χ3n) is 11.3. The van der Waals surface area contributed by atoms with E-state index in [9.17, 15) is 19.8 Å². The molecule has 5 heteroatoms. The third kappa shape index (κ3) is 1.89. The van der Waals surface area contributed by atoms with Crippen LogP contribution in [-0.2, 0) is 11.2 Å². The summed E-state index contributed by atoms with van der Waals surface area (Å²) in [6, 6.07) is 14.0. The quantitative estimate of drug-likeness (QED) is 0.596. The fourth-order valence-corrected chi connectivity index (χ4v) is 10.2. The maximum atomic E-state index is 13.5. The maximum absolute atomic E-state index is 13.5. The standard InChI is InChI=1S/C29H29NO4/c31-13-28-21-24-22(28)26-23(28)25(21)29(24,26)20(32)11-14-9-18(12-19(10-14)27(33)34)16-3-1-15(2-4-16)17-5-7-30-8-6-17/h1-4,9-10,12,17,21-26,30-31H,5-8,11,13H2,(H,33,34). The smallest absolute Gasteiger partial charge is 0.335 e. The van der Waals surface area contributed by atoms with Crippen molar-refractivity contribution in [2.24, 2.45) is 46.3 Å². The Kier molecular flexibility index (Phi) is 3.60. The van der Waals surface area contributed by atoms with Gasteiger partial charge in [0.15, 0.2) is 0 Å². The van der Waals surface area contributed by atoms with E-state index < -0.39 is 5.97 Å². The van der Waals surface area contributed by atoms with Crippen LogP contribution in [-0.4, -0.2) is 41.7 Å². The molecule has 2 aromatic rings. The molecular formula is C29H29NO4. The summed E-state index contributed by atoms with van der Waals surface area (Å²) in [4.78, 5) is 25.4. The van der Waals surface area contributed by atoms with Gasteiger partial charge in [-0.1, -0.05) is 30.3 Å². The second-order valence-electron chi connectivity index (χ2n) is 11.8. The minimum atomic E-state index is -0.955. The Morgan fingerprint density at radius 3 is 2.12 bits per heavy atom. The first-order valence-corrected chi connectivity index (χ1v) is 12.9. The van der Waals surface area contributed by atoms with E-state index in [1.807, 2.05) is 6.07 Å². The van der Waals surface area contributed by atoms with Crippen molar-refractivity contribution in [3.05, 3.63) is 59.2 Å². The van der Waals surface area contributed by atoms with Crippen LogP contribution in [0.3, 0.4) is 0 Å². The molecule has 0 unspecified atom stereocenters. The van der Waals surface area contributed by atoms with Crippen LogP contribution in [0.25, 0.3) is 11.1 Å². The van der Waals surface area contributed by atoms with Gasteiger partial charge in [0.05, 0.1) is 5.56 Å². The molecule has 174 valence electrons. The SMILES string of the molecule is O=C(O)c1cc(CC(=O)C23C4C5C2C2C3C4C52CO)cc(-c2ccc(C3CCNCC3)cc2)c1. The second-order valence-corrected chi connectivity index (χ2v) is 11.8. The molecule has 7 aliphatic rings. The summed E-state index contributed by atoms with van der Waals surface area (Å²) in [5.74, 6) is 3.27. The summed E-state index contributed by atoms with van der Waals surface area (Å²) in [6.45, 7) is 2.41. The van der Waals surface area contributed by atoms with Crippen molar-refractivity contribution in [3.63, 3.8) is 0 Å². The van der Waals surface area contributed by atoms with E-state index in [4.69, 9.17) is 0 Å². The maximum Gasteiger partial charge on any atom is 0.335 e. The van der Waals surface area contributed by atoms with Gasteiger partial charge in [-0.25, -0.2) is 4.79 Å². The van der Waals surface area contributed by atoms with Gasteiger partial charge in [0.1, 0.15) is 5.78 Å². The van der Waals surface area contributed by atoms with E-state index in [0.29, 0.717) is 60.2 Å². The number of aliphatic hydroxyl groups is 1. The van der Waals surface area contributed by atoms with Crippen LogP contribution in [0.4, 0.5) is 0 Å². The van der Waals surface area contributed by atoms with Crippen LogP contribution in [0.1, 0.15) is 40.2 Å². The van der Waals surface area contributed by atoms with Crippen molar-refractivity contribution in [3.8, 4) is 11.1 Å². The molecule has 1 heterocycles. The third-order valence-corrected chi connectivity index (χ3v) is 11.3. The summed E-state index contributed by atoms with van der Waals surface area (Å²) in [5, 5.41) is 23.0. The number of Topliss-reactive ketones (excluding diaryl/α,β-unsaturated/α-hetero) is 1. The number of carbonyl (C=O) groups excluding carboxylic acids is 1. The lowest BCUT2D eigenvalue weighted by molar-refractivity contribution is -0.643. The second kappa shape index (κ2) is 6.19. The van der Waals surface area contributed by atoms with Gasteiger partial charge < -0.3 is 15.5 Å². The highest BCUT2D eigenvalue weighted by Crippen LogP contribution is 3.10. The van der Waals surface area contributed by atoms with E-state index in [1.54, 1.807) is 12.1 Å². The summed E-state index contributed by atoms with van der Waals surface area (Å²) < 4.78 is 0. The van der Waals surface area contributed by atoms with Crippen LogP contribution in [0.2, 0.25) is 0 Å². The Hall–Kier alpha value is -2.50. The van der Waals surface area contributed by atoms with E-state index in [0.717, 1.165) is 42.6 Å². The fraction of sp³-hybridized carbons (Fsp3) is 0.517. The van der Waals surface area contributed by atoms with Gasteiger partial charge in [-0.3, -0.25) is 4.79 Å². The van der Waals surface area contributed by atoms with Gasteiger partial charge >= 0.3 is 5.97 Å². The first kappa shape index (κ1) is 19.8. The number of carboxylic acid groups (broad SMARTS) is 1. The zero-order valence-corrected chi connectivity index (χ0v) is 19.0. The number of hydrogen-bond acceptors (Lipinski definition) is 4. The lowest BCUT2D eigenvalue weighted by Gasteiger charge is -3.11. The Balaban J connectivity index is 1.06. The molecule has 0 aromatic heterocycles. The Labute approximate surface area is 198 Å². The van der Waals surface area contributed by atoms with Gasteiger partial charge in [-0.2, -0.15) is 0 Å². The summed E-state index contributed by atoms with van der Waals surface area (Å²) in [7, 11) is 0. The van der Waals surface area contributed by atoms with Gasteiger partial charge in [-0.05, 0) is 102 Å². The van der Waals surface area contributed by atoms with Crippen molar-refractivity contribution < 1.29 is 19.8 Å². The highest BCUT2D eigenvalue weighted by molar-refractivity contribution is 5.96. The number of hydrogen-bond donors (Lipinski definition) is 3. The molecule has 0 bridgehead atoms. The zero-order valence-electron chi connectivity index (χ0n) is 19.0. The van der Waals surface area contributed by atoms with Crippen molar-refractivity contribution in [1.82, 2.24) is 5.32 Å². The number of rotatable bonds is 7. The minimum Gasteiger partial charge on any atom is -0.478 e. The molecule has 6 aliphatic carbocycles. The molecule has 5 nitrogen and oxygen atoms in total. The molecule has 34 heavy (non-hydrogen) atoms. The molecule has 9 rings (SSSR count). The largest absolute Gasteiger partial charge is 0.478 e. The molecule has 2 aromatic carbocycles. The summed E-state index contributed by atoms with van der Waals surface area (Å²) >= 11 is 0. The minimum absolute atomic E-state index is 0.118. The summed E-state index contributed by atoms with van der Waals surface area (Å²) in [6.07, 6.45) is 2.61. The molecule has 6 saturated carbocycles. The van der Waals surface area contributed by atoms with E-state index in [2.05, 4.69) is 29.6 Å². The number of piperidine rings is 1. The highest BCUT2D eigenvalue weighted by atomic mass is 16.4. The van der Waals surface area contributed by atoms with Crippen LogP contribution < -0.4 is 5.32 Å². The average molecular weight is 456 g/mol. The first-order chi connectivity index (χ1) is 16.5. The molecule has 0 atom stereocenters. The predicted molar refractivity (Wildman–Crippen MR) is 125 cm³/mol. The average Bonchev–Trinajstić information content (AvgIpc) is 2.88. The molecule has 0 spiro atoms. The van der Waals surface area contributed by atoms with Gasteiger partial charge in [0, 0.05) is 23.9 Å². The van der Waals surface area contributed by atoms with Crippen molar-refractivity contribution in [1.29, 1.82) is 0 Å². The monoisotopic (exact) mass is 455 g/mol. The number of ketones is 1. The molecule has 7 fully saturated rings. The van der Waals surface area contributed by atoms with Crippen molar-refractivity contribution in [2.45, 2.75) is 25.2 Å². The number of carboxylic acids is 1. The Bertz CT molecular complexity index is 1200. The van der Waals surface area contributed by atoms with Crippen LogP contribution in [0.15, 0.2) is 42.5 Å². The summed E-state index contributed by atoms with van der Waals surface area (Å²) in [5.41, 5.74) is 4.36. The van der Waals surface area contributed by atoms with Crippen molar-refractivity contribution in [2.75, 3.05) is 19.7 Å². The molecule has 3 N–H and O–H groups in total. The number of benzene rings is 2. The fourth-order valence-electron chi connectivity index (χ4n) is 10.2. The van der Waals surface area contributed by atoms with Crippen molar-refractivity contribution >= 4 is 11.8 Å². The molecule has 1 aliphatic heterocycles. The first-order valence-electron chi connectivity index (χ1n) is 12.9. The van der Waals surface area contributed by atoms with E-state index in [1.165, 1.54) is 5.56 Å². The number of nitrogens with one attached hydrogen (secondary N) is 1.